The number of ether oxygens (including phenoxy) is 1. The van der Waals surface area contributed by atoms with E-state index < -0.39 is 0 Å². The summed E-state index contributed by atoms with van der Waals surface area (Å²) in [6.45, 7) is 3.17. The van der Waals surface area contributed by atoms with Gasteiger partial charge in [-0.3, -0.25) is 0 Å². The summed E-state index contributed by atoms with van der Waals surface area (Å²) in [4.78, 5) is 4.16. The lowest BCUT2D eigenvalue weighted by Gasteiger charge is -2.09. The number of nitrogens with zero attached hydrogens (tertiary/aromatic N) is 2. The van der Waals surface area contributed by atoms with Crippen LogP contribution in [0.2, 0.25) is 0 Å². The Kier molecular flexibility index (Phi) is 3.08. The van der Waals surface area contributed by atoms with Crippen molar-refractivity contribution in [2.45, 2.75) is 13.7 Å². The van der Waals surface area contributed by atoms with Crippen molar-refractivity contribution in [3.05, 3.63) is 35.2 Å². The molecule has 3 nitrogen and oxygen atoms in total. The normalized spacial score (nSPS) is 10.7. The summed E-state index contributed by atoms with van der Waals surface area (Å²) in [6, 6.07) is 7.95. The van der Waals surface area contributed by atoms with E-state index in [9.17, 15) is 0 Å². The minimum atomic E-state index is 0.514. The molecule has 0 unspecified atom stereocenters. The van der Waals surface area contributed by atoms with Crippen LogP contribution in [0.25, 0.3) is 10.9 Å². The minimum Gasteiger partial charge on any atom is -0.361 e. The predicted molar refractivity (Wildman–Crippen MR) is 62.2 cm³/mol. The second kappa shape index (κ2) is 4.51. The zero-order valence-electron chi connectivity index (χ0n) is 8.51. The van der Waals surface area contributed by atoms with E-state index in [-0.39, 0.29) is 0 Å². The van der Waals surface area contributed by atoms with Crippen molar-refractivity contribution in [1.82, 2.24) is 9.55 Å². The third-order valence-electron chi connectivity index (χ3n) is 2.19. The van der Waals surface area contributed by atoms with Gasteiger partial charge in [0, 0.05) is 12.0 Å². The molecule has 1 heterocycles. The fraction of sp³-hybridized carbons (Fsp3) is 0.273. The highest BCUT2D eigenvalue weighted by atomic mass is 32.1. The van der Waals surface area contributed by atoms with E-state index in [1.807, 2.05) is 35.8 Å². The molecule has 0 fully saturated rings. The Morgan fingerprint density at radius 1 is 1.40 bits per heavy atom. The van der Waals surface area contributed by atoms with Gasteiger partial charge >= 0.3 is 0 Å². The second-order valence-electron chi connectivity index (χ2n) is 3.16. The van der Waals surface area contributed by atoms with E-state index in [4.69, 9.17) is 17.0 Å². The van der Waals surface area contributed by atoms with Crippen molar-refractivity contribution in [3.63, 3.8) is 0 Å². The highest BCUT2D eigenvalue weighted by Gasteiger charge is 1.99. The Morgan fingerprint density at radius 3 is 3.00 bits per heavy atom. The number of hydrogen-bond donors (Lipinski definition) is 0. The van der Waals surface area contributed by atoms with Crippen LogP contribution < -0.4 is 0 Å². The van der Waals surface area contributed by atoms with Gasteiger partial charge in [-0.25, -0.2) is 4.98 Å². The van der Waals surface area contributed by atoms with Gasteiger partial charge in [0.2, 0.25) is 0 Å². The van der Waals surface area contributed by atoms with E-state index in [1.165, 1.54) is 0 Å². The van der Waals surface area contributed by atoms with Gasteiger partial charge in [0.05, 0.1) is 11.8 Å². The van der Waals surface area contributed by atoms with Gasteiger partial charge in [-0.15, -0.1) is 0 Å². The summed E-state index contributed by atoms with van der Waals surface area (Å²) >= 11 is 5.16. The van der Waals surface area contributed by atoms with Crippen LogP contribution in [-0.2, 0) is 11.5 Å². The second-order valence-corrected chi connectivity index (χ2v) is 3.55. The predicted octanol–water partition coefficient (Wildman–Crippen LogP) is 2.76. The van der Waals surface area contributed by atoms with Crippen LogP contribution >= 0.6 is 12.2 Å². The number of rotatable bonds is 3. The van der Waals surface area contributed by atoms with Crippen LogP contribution in [0.1, 0.15) is 6.92 Å². The SMILES string of the molecule is CCOCn1cnc(=S)c2ccccc21. The van der Waals surface area contributed by atoms with Crippen LogP contribution in [0.3, 0.4) is 0 Å². The molecule has 0 aliphatic heterocycles. The number of hydrogen-bond acceptors (Lipinski definition) is 3. The standard InChI is InChI=1S/C11H12N2OS/c1-2-14-8-13-7-12-11(15)9-5-3-4-6-10(9)13/h3-7H,2,8H2,1H3. The summed E-state index contributed by atoms with van der Waals surface area (Å²) in [7, 11) is 0. The molecule has 1 aromatic heterocycles. The Morgan fingerprint density at radius 2 is 2.20 bits per heavy atom. The number of para-hydroxylation sites is 1. The molecule has 0 atom stereocenters. The Labute approximate surface area is 93.3 Å². The van der Waals surface area contributed by atoms with Crippen molar-refractivity contribution in [2.24, 2.45) is 0 Å². The van der Waals surface area contributed by atoms with E-state index in [1.54, 1.807) is 6.33 Å². The van der Waals surface area contributed by atoms with E-state index in [0.29, 0.717) is 18.0 Å². The lowest BCUT2D eigenvalue weighted by Crippen LogP contribution is -2.05. The average Bonchev–Trinajstić information content (AvgIpc) is 2.29. The molecule has 0 bridgehead atoms. The van der Waals surface area contributed by atoms with Crippen LogP contribution in [0.5, 0.6) is 0 Å². The zero-order valence-corrected chi connectivity index (χ0v) is 9.33. The molecule has 2 rings (SSSR count). The largest absolute Gasteiger partial charge is 0.361 e. The third-order valence-corrected chi connectivity index (χ3v) is 2.52. The first-order chi connectivity index (χ1) is 7.33. The monoisotopic (exact) mass is 220 g/mol. The fourth-order valence-corrected chi connectivity index (χ4v) is 1.67. The highest BCUT2D eigenvalue weighted by molar-refractivity contribution is 7.71. The summed E-state index contributed by atoms with van der Waals surface area (Å²) in [6.07, 6.45) is 1.72. The first-order valence-electron chi connectivity index (χ1n) is 4.85. The van der Waals surface area contributed by atoms with Crippen molar-refractivity contribution < 1.29 is 4.74 Å². The average molecular weight is 220 g/mol. The molecular formula is C11H12N2OS. The van der Waals surface area contributed by atoms with Gasteiger partial charge in [-0.05, 0) is 19.1 Å². The molecule has 0 radical (unpaired) electrons. The number of aromatic nitrogens is 2. The van der Waals surface area contributed by atoms with Crippen molar-refractivity contribution in [1.29, 1.82) is 0 Å². The maximum Gasteiger partial charge on any atom is 0.137 e. The van der Waals surface area contributed by atoms with E-state index >= 15 is 0 Å². The van der Waals surface area contributed by atoms with Gasteiger partial charge in [-0.1, -0.05) is 24.4 Å². The van der Waals surface area contributed by atoms with E-state index in [0.717, 1.165) is 10.9 Å². The van der Waals surface area contributed by atoms with Crippen molar-refractivity contribution in [3.8, 4) is 0 Å². The summed E-state index contributed by atoms with van der Waals surface area (Å²) in [5.74, 6) is 0. The van der Waals surface area contributed by atoms with E-state index in [2.05, 4.69) is 4.98 Å². The van der Waals surface area contributed by atoms with Crippen molar-refractivity contribution >= 4 is 23.1 Å². The molecule has 15 heavy (non-hydrogen) atoms. The van der Waals surface area contributed by atoms with Crippen LogP contribution in [0.4, 0.5) is 0 Å². The smallest absolute Gasteiger partial charge is 0.137 e. The Hall–Kier alpha value is -1.26. The maximum absolute atomic E-state index is 5.36. The lowest BCUT2D eigenvalue weighted by atomic mass is 10.2. The molecule has 2 aromatic rings. The Balaban J connectivity index is 2.56. The van der Waals surface area contributed by atoms with Crippen LogP contribution in [0, 0.1) is 4.64 Å². The maximum atomic E-state index is 5.36. The molecule has 78 valence electrons. The van der Waals surface area contributed by atoms with Gasteiger partial charge < -0.3 is 9.30 Å². The molecule has 0 spiro atoms. The molecule has 0 aliphatic rings. The van der Waals surface area contributed by atoms with Crippen LogP contribution in [-0.4, -0.2) is 16.2 Å². The van der Waals surface area contributed by atoms with Gasteiger partial charge in [0.25, 0.3) is 0 Å². The summed E-state index contributed by atoms with van der Waals surface area (Å²) < 4.78 is 7.95. The zero-order chi connectivity index (χ0) is 10.7. The molecule has 0 amide bonds. The number of benzene rings is 1. The first kappa shape index (κ1) is 10.3. The quantitative estimate of drug-likeness (QED) is 0.744. The minimum absolute atomic E-state index is 0.514. The number of fused-ring (bicyclic) bond motifs is 1. The Bertz CT molecular complexity index is 521. The molecule has 0 aliphatic carbocycles. The molecule has 4 heteroatoms. The summed E-state index contributed by atoms with van der Waals surface area (Å²) in [5.41, 5.74) is 1.06. The van der Waals surface area contributed by atoms with Crippen molar-refractivity contribution in [2.75, 3.05) is 6.61 Å². The summed E-state index contributed by atoms with van der Waals surface area (Å²) in [5, 5.41) is 0.995. The first-order valence-corrected chi connectivity index (χ1v) is 5.25. The highest BCUT2D eigenvalue weighted by Crippen LogP contribution is 2.13. The molecule has 0 N–H and O–H groups in total. The lowest BCUT2D eigenvalue weighted by molar-refractivity contribution is 0.0898. The molecular weight excluding hydrogens is 208 g/mol. The topological polar surface area (TPSA) is 27.1 Å². The van der Waals surface area contributed by atoms with Crippen LogP contribution in [0.15, 0.2) is 30.6 Å². The fourth-order valence-electron chi connectivity index (χ4n) is 1.45. The third kappa shape index (κ3) is 2.06. The van der Waals surface area contributed by atoms with Gasteiger partial charge in [-0.2, -0.15) is 0 Å². The molecule has 0 saturated carbocycles. The van der Waals surface area contributed by atoms with Gasteiger partial charge in [0.15, 0.2) is 0 Å². The molecule has 0 saturated heterocycles. The van der Waals surface area contributed by atoms with Gasteiger partial charge in [0.1, 0.15) is 11.4 Å². The molecule has 1 aromatic carbocycles.